The number of hydrogen-bond acceptors (Lipinski definition) is 3. The minimum atomic E-state index is 0.884. The standard InChI is InChI=1S/C14H23BrN2O/c1-4-16-8-9-17(5-2)11-12-6-7-14(18-3)13(15)10-12/h6-7,10,16H,4-5,8-9,11H2,1-3H3. The molecular weight excluding hydrogens is 292 g/mol. The second-order valence-corrected chi connectivity index (χ2v) is 5.05. The van der Waals surface area contributed by atoms with Gasteiger partial charge in [-0.05, 0) is 46.7 Å². The molecule has 0 aliphatic carbocycles. The van der Waals surface area contributed by atoms with Crippen LogP contribution in [0.4, 0.5) is 0 Å². The third-order valence-electron chi connectivity index (χ3n) is 2.92. The molecule has 1 aromatic carbocycles. The Morgan fingerprint density at radius 2 is 2.11 bits per heavy atom. The average molecular weight is 315 g/mol. The summed E-state index contributed by atoms with van der Waals surface area (Å²) in [6.45, 7) is 9.53. The van der Waals surface area contributed by atoms with Crippen molar-refractivity contribution in [3.05, 3.63) is 28.2 Å². The lowest BCUT2D eigenvalue weighted by atomic mass is 10.2. The molecule has 0 aromatic heterocycles. The van der Waals surface area contributed by atoms with Gasteiger partial charge in [0.2, 0.25) is 0 Å². The number of likely N-dealkylation sites (N-methyl/N-ethyl adjacent to an activating group) is 2. The highest BCUT2D eigenvalue weighted by atomic mass is 79.9. The van der Waals surface area contributed by atoms with E-state index in [0.29, 0.717) is 0 Å². The van der Waals surface area contributed by atoms with Gasteiger partial charge in [-0.2, -0.15) is 0 Å². The van der Waals surface area contributed by atoms with Crippen LogP contribution in [-0.4, -0.2) is 38.2 Å². The molecule has 0 saturated heterocycles. The molecule has 0 aliphatic heterocycles. The summed E-state index contributed by atoms with van der Waals surface area (Å²) in [4.78, 5) is 2.43. The van der Waals surface area contributed by atoms with E-state index in [4.69, 9.17) is 4.74 Å². The van der Waals surface area contributed by atoms with E-state index >= 15 is 0 Å². The Hall–Kier alpha value is -0.580. The summed E-state index contributed by atoms with van der Waals surface area (Å²) >= 11 is 3.53. The van der Waals surface area contributed by atoms with Crippen LogP contribution >= 0.6 is 15.9 Å². The normalized spacial score (nSPS) is 10.9. The van der Waals surface area contributed by atoms with Gasteiger partial charge in [-0.25, -0.2) is 0 Å². The molecule has 0 amide bonds. The van der Waals surface area contributed by atoms with Gasteiger partial charge in [0.1, 0.15) is 5.75 Å². The van der Waals surface area contributed by atoms with Gasteiger partial charge in [-0.3, -0.25) is 4.90 Å². The van der Waals surface area contributed by atoms with Gasteiger partial charge >= 0.3 is 0 Å². The van der Waals surface area contributed by atoms with Crippen LogP contribution in [0.25, 0.3) is 0 Å². The molecule has 0 aliphatic rings. The Balaban J connectivity index is 2.55. The molecule has 0 heterocycles. The van der Waals surface area contributed by atoms with Crippen molar-refractivity contribution in [2.75, 3.05) is 33.3 Å². The number of ether oxygens (including phenoxy) is 1. The van der Waals surface area contributed by atoms with Gasteiger partial charge < -0.3 is 10.1 Å². The van der Waals surface area contributed by atoms with E-state index in [-0.39, 0.29) is 0 Å². The zero-order valence-corrected chi connectivity index (χ0v) is 13.1. The summed E-state index contributed by atoms with van der Waals surface area (Å²) in [6.07, 6.45) is 0. The predicted octanol–water partition coefficient (Wildman–Crippen LogP) is 2.89. The van der Waals surface area contributed by atoms with E-state index in [9.17, 15) is 0 Å². The van der Waals surface area contributed by atoms with Crippen molar-refractivity contribution in [1.82, 2.24) is 10.2 Å². The maximum absolute atomic E-state index is 5.24. The van der Waals surface area contributed by atoms with E-state index in [1.165, 1.54) is 5.56 Å². The van der Waals surface area contributed by atoms with Crippen molar-refractivity contribution in [1.29, 1.82) is 0 Å². The van der Waals surface area contributed by atoms with Crippen LogP contribution in [0.15, 0.2) is 22.7 Å². The topological polar surface area (TPSA) is 24.5 Å². The fourth-order valence-corrected chi connectivity index (χ4v) is 2.42. The van der Waals surface area contributed by atoms with Crippen molar-refractivity contribution in [2.24, 2.45) is 0 Å². The number of nitrogens with one attached hydrogen (secondary N) is 1. The van der Waals surface area contributed by atoms with E-state index < -0.39 is 0 Å². The first-order valence-corrected chi connectivity index (χ1v) is 7.26. The molecule has 1 aromatic rings. The fraction of sp³-hybridized carbons (Fsp3) is 0.571. The summed E-state index contributed by atoms with van der Waals surface area (Å²) < 4.78 is 6.26. The van der Waals surface area contributed by atoms with Crippen molar-refractivity contribution in [3.8, 4) is 5.75 Å². The van der Waals surface area contributed by atoms with Crippen LogP contribution in [0.5, 0.6) is 5.75 Å². The van der Waals surface area contributed by atoms with Crippen LogP contribution in [0, 0.1) is 0 Å². The van der Waals surface area contributed by atoms with Crippen molar-refractivity contribution in [2.45, 2.75) is 20.4 Å². The van der Waals surface area contributed by atoms with Gasteiger partial charge in [-0.15, -0.1) is 0 Å². The molecular formula is C14H23BrN2O. The molecule has 0 saturated carbocycles. The SMILES string of the molecule is CCNCCN(CC)Cc1ccc(OC)c(Br)c1. The first kappa shape index (κ1) is 15.5. The Kier molecular flexibility index (Phi) is 7.32. The molecule has 1 N–H and O–H groups in total. The molecule has 4 heteroatoms. The first-order chi connectivity index (χ1) is 8.71. The summed E-state index contributed by atoms with van der Waals surface area (Å²) in [6, 6.07) is 6.27. The summed E-state index contributed by atoms with van der Waals surface area (Å²) in [5.74, 6) is 0.884. The van der Waals surface area contributed by atoms with Gasteiger partial charge in [0.25, 0.3) is 0 Å². The lowest BCUT2D eigenvalue weighted by Crippen LogP contribution is -2.31. The van der Waals surface area contributed by atoms with Crippen LogP contribution in [0.3, 0.4) is 0 Å². The first-order valence-electron chi connectivity index (χ1n) is 6.46. The third-order valence-corrected chi connectivity index (χ3v) is 3.54. The zero-order valence-electron chi connectivity index (χ0n) is 11.5. The summed E-state index contributed by atoms with van der Waals surface area (Å²) in [5, 5.41) is 3.36. The maximum atomic E-state index is 5.24. The molecule has 102 valence electrons. The lowest BCUT2D eigenvalue weighted by Gasteiger charge is -2.21. The minimum Gasteiger partial charge on any atom is -0.496 e. The molecule has 3 nitrogen and oxygen atoms in total. The van der Waals surface area contributed by atoms with Gasteiger partial charge in [0, 0.05) is 19.6 Å². The van der Waals surface area contributed by atoms with Crippen molar-refractivity contribution >= 4 is 15.9 Å². The number of rotatable bonds is 8. The molecule has 1 rings (SSSR count). The van der Waals surface area contributed by atoms with Gasteiger partial charge in [-0.1, -0.05) is 19.9 Å². The zero-order chi connectivity index (χ0) is 13.4. The van der Waals surface area contributed by atoms with Crippen molar-refractivity contribution in [3.63, 3.8) is 0 Å². The largest absolute Gasteiger partial charge is 0.496 e. The smallest absolute Gasteiger partial charge is 0.133 e. The number of hydrogen-bond donors (Lipinski definition) is 1. The predicted molar refractivity (Wildman–Crippen MR) is 80.2 cm³/mol. The van der Waals surface area contributed by atoms with Gasteiger partial charge in [0.15, 0.2) is 0 Å². The quantitative estimate of drug-likeness (QED) is 0.747. The number of methoxy groups -OCH3 is 1. The van der Waals surface area contributed by atoms with Gasteiger partial charge in [0.05, 0.1) is 11.6 Å². The van der Waals surface area contributed by atoms with E-state index in [1.54, 1.807) is 7.11 Å². The lowest BCUT2D eigenvalue weighted by molar-refractivity contribution is 0.280. The molecule has 18 heavy (non-hydrogen) atoms. The maximum Gasteiger partial charge on any atom is 0.133 e. The van der Waals surface area contributed by atoms with Crippen LogP contribution < -0.4 is 10.1 Å². The van der Waals surface area contributed by atoms with E-state index in [0.717, 1.165) is 42.9 Å². The second kappa shape index (κ2) is 8.51. The molecule has 0 unspecified atom stereocenters. The molecule has 0 fully saturated rings. The number of benzene rings is 1. The summed E-state index contributed by atoms with van der Waals surface area (Å²) in [5.41, 5.74) is 1.31. The third kappa shape index (κ3) is 4.96. The Morgan fingerprint density at radius 1 is 1.33 bits per heavy atom. The van der Waals surface area contributed by atoms with Crippen molar-refractivity contribution < 1.29 is 4.74 Å². The molecule has 0 spiro atoms. The minimum absolute atomic E-state index is 0.884. The fourth-order valence-electron chi connectivity index (χ4n) is 1.83. The number of nitrogens with zero attached hydrogens (tertiary/aromatic N) is 1. The van der Waals surface area contributed by atoms with E-state index in [2.05, 4.69) is 52.1 Å². The average Bonchev–Trinajstić information content (AvgIpc) is 2.38. The second-order valence-electron chi connectivity index (χ2n) is 4.19. The monoisotopic (exact) mass is 314 g/mol. The molecule has 0 bridgehead atoms. The highest BCUT2D eigenvalue weighted by Crippen LogP contribution is 2.25. The number of halogens is 1. The Labute approximate surface area is 119 Å². The highest BCUT2D eigenvalue weighted by Gasteiger charge is 2.06. The van der Waals surface area contributed by atoms with Crippen LogP contribution in [-0.2, 0) is 6.54 Å². The Morgan fingerprint density at radius 3 is 2.67 bits per heavy atom. The Bertz CT molecular complexity index is 358. The highest BCUT2D eigenvalue weighted by molar-refractivity contribution is 9.10. The summed E-state index contributed by atoms with van der Waals surface area (Å²) in [7, 11) is 1.69. The van der Waals surface area contributed by atoms with Crippen LogP contribution in [0.2, 0.25) is 0 Å². The van der Waals surface area contributed by atoms with E-state index in [1.807, 2.05) is 6.07 Å². The molecule has 0 atom stereocenters. The molecule has 0 radical (unpaired) electrons. The van der Waals surface area contributed by atoms with Crippen LogP contribution in [0.1, 0.15) is 19.4 Å².